The average molecular weight is 280 g/mol. The SMILES string of the molecule is O=C(NCC1CCCN1c1ccccc1)c1ccccc1. The van der Waals surface area contributed by atoms with Crippen molar-refractivity contribution in [2.75, 3.05) is 18.0 Å². The quantitative estimate of drug-likeness (QED) is 0.933. The van der Waals surface area contributed by atoms with E-state index in [0.29, 0.717) is 12.6 Å². The van der Waals surface area contributed by atoms with E-state index < -0.39 is 0 Å². The molecule has 21 heavy (non-hydrogen) atoms. The van der Waals surface area contributed by atoms with Crippen molar-refractivity contribution in [3.05, 3.63) is 66.2 Å². The number of nitrogens with one attached hydrogen (secondary N) is 1. The molecule has 3 nitrogen and oxygen atoms in total. The minimum absolute atomic E-state index is 0.00973. The molecule has 1 heterocycles. The van der Waals surface area contributed by atoms with Gasteiger partial charge in [0.1, 0.15) is 0 Å². The van der Waals surface area contributed by atoms with Crippen molar-refractivity contribution in [3.63, 3.8) is 0 Å². The lowest BCUT2D eigenvalue weighted by Gasteiger charge is -2.27. The summed E-state index contributed by atoms with van der Waals surface area (Å²) >= 11 is 0. The summed E-state index contributed by atoms with van der Waals surface area (Å²) in [4.78, 5) is 14.5. The van der Waals surface area contributed by atoms with Crippen molar-refractivity contribution in [3.8, 4) is 0 Å². The van der Waals surface area contributed by atoms with Crippen molar-refractivity contribution in [2.24, 2.45) is 0 Å². The molecule has 1 N–H and O–H groups in total. The molecule has 2 aromatic carbocycles. The Morgan fingerprint density at radius 3 is 2.43 bits per heavy atom. The molecule has 0 saturated carbocycles. The molecular formula is C18H20N2O. The van der Waals surface area contributed by atoms with Crippen LogP contribution in [0.2, 0.25) is 0 Å². The fourth-order valence-corrected chi connectivity index (χ4v) is 2.91. The van der Waals surface area contributed by atoms with Crippen LogP contribution in [0.15, 0.2) is 60.7 Å². The molecule has 0 aromatic heterocycles. The Labute approximate surface area is 125 Å². The zero-order valence-electron chi connectivity index (χ0n) is 12.0. The Bertz CT molecular complexity index is 583. The molecule has 0 bridgehead atoms. The first kappa shape index (κ1) is 13.7. The summed E-state index contributed by atoms with van der Waals surface area (Å²) in [7, 11) is 0. The van der Waals surface area contributed by atoms with Gasteiger partial charge in [-0.1, -0.05) is 36.4 Å². The van der Waals surface area contributed by atoms with Gasteiger partial charge >= 0.3 is 0 Å². The summed E-state index contributed by atoms with van der Waals surface area (Å²) in [6.07, 6.45) is 2.31. The highest BCUT2D eigenvalue weighted by molar-refractivity contribution is 5.94. The fourth-order valence-electron chi connectivity index (χ4n) is 2.91. The largest absolute Gasteiger partial charge is 0.367 e. The van der Waals surface area contributed by atoms with E-state index in [0.717, 1.165) is 18.5 Å². The molecule has 1 saturated heterocycles. The Morgan fingerprint density at radius 2 is 1.71 bits per heavy atom. The normalized spacial score (nSPS) is 17.7. The maximum absolute atomic E-state index is 12.1. The first-order valence-corrected chi connectivity index (χ1v) is 7.49. The zero-order chi connectivity index (χ0) is 14.5. The number of benzene rings is 2. The molecule has 0 spiro atoms. The third kappa shape index (κ3) is 3.24. The van der Waals surface area contributed by atoms with Crippen LogP contribution >= 0.6 is 0 Å². The summed E-state index contributed by atoms with van der Waals surface area (Å²) < 4.78 is 0. The van der Waals surface area contributed by atoms with E-state index in [1.807, 2.05) is 36.4 Å². The van der Waals surface area contributed by atoms with E-state index in [-0.39, 0.29) is 5.91 Å². The van der Waals surface area contributed by atoms with E-state index >= 15 is 0 Å². The van der Waals surface area contributed by atoms with E-state index in [1.54, 1.807) is 0 Å². The highest BCUT2D eigenvalue weighted by Crippen LogP contribution is 2.24. The van der Waals surface area contributed by atoms with Crippen LogP contribution in [0.4, 0.5) is 5.69 Å². The second-order valence-electron chi connectivity index (χ2n) is 5.40. The Balaban J connectivity index is 1.61. The molecule has 1 unspecified atom stereocenters. The lowest BCUT2D eigenvalue weighted by atomic mass is 10.2. The van der Waals surface area contributed by atoms with Crippen molar-refractivity contribution in [1.29, 1.82) is 0 Å². The van der Waals surface area contributed by atoms with Gasteiger partial charge in [-0.25, -0.2) is 0 Å². The van der Waals surface area contributed by atoms with Gasteiger partial charge in [0, 0.05) is 30.4 Å². The number of hydrogen-bond acceptors (Lipinski definition) is 2. The molecule has 108 valence electrons. The second-order valence-corrected chi connectivity index (χ2v) is 5.40. The van der Waals surface area contributed by atoms with Crippen molar-refractivity contribution < 1.29 is 4.79 Å². The molecule has 1 fully saturated rings. The van der Waals surface area contributed by atoms with Gasteiger partial charge in [0.05, 0.1) is 0 Å². The Hall–Kier alpha value is -2.29. The monoisotopic (exact) mass is 280 g/mol. The highest BCUT2D eigenvalue weighted by atomic mass is 16.1. The number of amides is 1. The zero-order valence-corrected chi connectivity index (χ0v) is 12.0. The molecule has 3 heteroatoms. The van der Waals surface area contributed by atoms with E-state index in [4.69, 9.17) is 0 Å². The minimum Gasteiger partial charge on any atom is -0.367 e. The highest BCUT2D eigenvalue weighted by Gasteiger charge is 2.24. The lowest BCUT2D eigenvalue weighted by molar-refractivity contribution is 0.0951. The predicted molar refractivity (Wildman–Crippen MR) is 85.6 cm³/mol. The van der Waals surface area contributed by atoms with Gasteiger partial charge in [-0.2, -0.15) is 0 Å². The van der Waals surface area contributed by atoms with Crippen LogP contribution in [0.5, 0.6) is 0 Å². The van der Waals surface area contributed by atoms with Crippen LogP contribution in [0.1, 0.15) is 23.2 Å². The molecule has 0 aliphatic carbocycles. The van der Waals surface area contributed by atoms with Crippen LogP contribution in [0.3, 0.4) is 0 Å². The molecule has 1 aliphatic heterocycles. The number of rotatable bonds is 4. The van der Waals surface area contributed by atoms with E-state index in [9.17, 15) is 4.79 Å². The van der Waals surface area contributed by atoms with Gasteiger partial charge in [-0.15, -0.1) is 0 Å². The summed E-state index contributed by atoms with van der Waals surface area (Å²) in [6, 6.07) is 20.2. The van der Waals surface area contributed by atoms with Crippen LogP contribution in [-0.4, -0.2) is 25.0 Å². The third-order valence-corrected chi connectivity index (χ3v) is 4.00. The van der Waals surface area contributed by atoms with Crippen LogP contribution in [0, 0.1) is 0 Å². The molecule has 1 amide bonds. The summed E-state index contributed by atoms with van der Waals surface area (Å²) in [5.74, 6) is 0.00973. The van der Waals surface area contributed by atoms with Crippen LogP contribution in [0.25, 0.3) is 0 Å². The molecule has 2 aromatic rings. The predicted octanol–water partition coefficient (Wildman–Crippen LogP) is 3.09. The minimum atomic E-state index is 0.00973. The smallest absolute Gasteiger partial charge is 0.251 e. The van der Waals surface area contributed by atoms with E-state index in [2.05, 4.69) is 34.5 Å². The van der Waals surface area contributed by atoms with Gasteiger partial charge < -0.3 is 10.2 Å². The second kappa shape index (κ2) is 6.44. The number of anilines is 1. The van der Waals surface area contributed by atoms with Gasteiger partial charge in [0.25, 0.3) is 5.91 Å². The molecule has 1 atom stereocenters. The number of nitrogens with zero attached hydrogens (tertiary/aromatic N) is 1. The van der Waals surface area contributed by atoms with Gasteiger partial charge in [-0.3, -0.25) is 4.79 Å². The first-order chi connectivity index (χ1) is 10.3. The number of hydrogen-bond donors (Lipinski definition) is 1. The maximum Gasteiger partial charge on any atom is 0.251 e. The maximum atomic E-state index is 12.1. The topological polar surface area (TPSA) is 32.3 Å². The summed E-state index contributed by atoms with van der Waals surface area (Å²) in [6.45, 7) is 1.76. The van der Waals surface area contributed by atoms with E-state index in [1.165, 1.54) is 12.1 Å². The van der Waals surface area contributed by atoms with Crippen molar-refractivity contribution in [2.45, 2.75) is 18.9 Å². The standard InChI is InChI=1S/C18H20N2O/c21-18(15-8-3-1-4-9-15)19-14-17-12-7-13-20(17)16-10-5-2-6-11-16/h1-6,8-11,17H,7,12-14H2,(H,19,21). The van der Waals surface area contributed by atoms with Crippen molar-refractivity contribution in [1.82, 2.24) is 5.32 Å². The first-order valence-electron chi connectivity index (χ1n) is 7.49. The fraction of sp³-hybridized carbons (Fsp3) is 0.278. The molecule has 1 aliphatic rings. The van der Waals surface area contributed by atoms with Gasteiger partial charge in [0.2, 0.25) is 0 Å². The number of carbonyl (C=O) groups excluding carboxylic acids is 1. The molecule has 0 radical (unpaired) electrons. The summed E-state index contributed by atoms with van der Waals surface area (Å²) in [5.41, 5.74) is 1.97. The Kier molecular flexibility index (Phi) is 4.20. The molecule has 3 rings (SSSR count). The third-order valence-electron chi connectivity index (χ3n) is 4.00. The Morgan fingerprint density at radius 1 is 1.05 bits per heavy atom. The average Bonchev–Trinajstić information content (AvgIpc) is 3.03. The number of para-hydroxylation sites is 1. The van der Waals surface area contributed by atoms with Crippen LogP contribution < -0.4 is 10.2 Å². The molecular weight excluding hydrogens is 260 g/mol. The van der Waals surface area contributed by atoms with Crippen molar-refractivity contribution >= 4 is 11.6 Å². The van der Waals surface area contributed by atoms with Crippen LogP contribution in [-0.2, 0) is 0 Å². The lowest BCUT2D eigenvalue weighted by Crippen LogP contribution is -2.40. The summed E-state index contributed by atoms with van der Waals surface area (Å²) in [5, 5.41) is 3.06. The van der Waals surface area contributed by atoms with Gasteiger partial charge in [0.15, 0.2) is 0 Å². The number of carbonyl (C=O) groups is 1. The van der Waals surface area contributed by atoms with Gasteiger partial charge in [-0.05, 0) is 37.1 Å².